The molecule has 3 N–H and O–H groups in total. The highest BCUT2D eigenvalue weighted by atomic mass is 16.4. The van der Waals surface area contributed by atoms with Gasteiger partial charge in [0.2, 0.25) is 0 Å². The molecule has 0 atom stereocenters. The van der Waals surface area contributed by atoms with E-state index in [9.17, 15) is 9.59 Å². The average Bonchev–Trinajstić information content (AvgIpc) is 3.14. The van der Waals surface area contributed by atoms with Crippen LogP contribution in [0.2, 0.25) is 0 Å². The number of nitrogens with one attached hydrogen (secondary N) is 2. The van der Waals surface area contributed by atoms with Crippen molar-refractivity contribution in [3.8, 4) is 0 Å². The standard InChI is InChI=1S/C9H14N2O.C5H5NO2/c1-3-11(4-2)9(12)8-6-5-7-10-8;7-5(8)4-2-1-3-6-4/h5-7,10H,3-4H2,1-2H3;1-3,6H,(H,7,8). The molecule has 2 rings (SSSR count). The van der Waals surface area contributed by atoms with Crippen LogP contribution in [0.1, 0.15) is 34.8 Å². The summed E-state index contributed by atoms with van der Waals surface area (Å²) in [6.07, 6.45) is 3.33. The van der Waals surface area contributed by atoms with Gasteiger partial charge in [-0.05, 0) is 38.1 Å². The van der Waals surface area contributed by atoms with Crippen LogP contribution in [-0.2, 0) is 0 Å². The van der Waals surface area contributed by atoms with Crippen LogP contribution in [0.15, 0.2) is 36.7 Å². The third-order valence-corrected chi connectivity index (χ3v) is 2.71. The second-order valence-electron chi connectivity index (χ2n) is 3.95. The molecule has 0 bridgehead atoms. The number of carboxylic acids is 1. The maximum atomic E-state index is 11.6. The number of rotatable bonds is 4. The minimum absolute atomic E-state index is 0.0741. The molecule has 0 spiro atoms. The van der Waals surface area contributed by atoms with Gasteiger partial charge in [0.25, 0.3) is 5.91 Å². The van der Waals surface area contributed by atoms with Gasteiger partial charge in [-0.1, -0.05) is 0 Å². The number of carbonyl (C=O) groups is 2. The van der Waals surface area contributed by atoms with Gasteiger partial charge in [-0.25, -0.2) is 4.79 Å². The first-order chi connectivity index (χ1) is 9.60. The van der Waals surface area contributed by atoms with Crippen molar-refractivity contribution in [2.45, 2.75) is 13.8 Å². The van der Waals surface area contributed by atoms with Gasteiger partial charge in [0, 0.05) is 25.5 Å². The van der Waals surface area contributed by atoms with E-state index in [2.05, 4.69) is 9.97 Å². The Morgan fingerprint density at radius 2 is 1.55 bits per heavy atom. The Balaban J connectivity index is 0.000000217. The molecule has 6 nitrogen and oxygen atoms in total. The number of nitrogens with zero attached hydrogens (tertiary/aromatic N) is 1. The highest BCUT2D eigenvalue weighted by Gasteiger charge is 2.11. The number of amides is 1. The highest BCUT2D eigenvalue weighted by Crippen LogP contribution is 2.00. The van der Waals surface area contributed by atoms with Crippen LogP contribution in [0, 0.1) is 0 Å². The molecule has 0 saturated heterocycles. The zero-order valence-electron chi connectivity index (χ0n) is 11.6. The van der Waals surface area contributed by atoms with Crippen molar-refractivity contribution in [2.24, 2.45) is 0 Å². The summed E-state index contributed by atoms with van der Waals surface area (Å²) in [5, 5.41) is 8.24. The summed E-state index contributed by atoms with van der Waals surface area (Å²) in [7, 11) is 0. The van der Waals surface area contributed by atoms with Crippen LogP contribution >= 0.6 is 0 Å². The van der Waals surface area contributed by atoms with Gasteiger partial charge in [-0.3, -0.25) is 4.79 Å². The largest absolute Gasteiger partial charge is 0.477 e. The zero-order chi connectivity index (χ0) is 15.0. The topological polar surface area (TPSA) is 89.2 Å². The van der Waals surface area contributed by atoms with Crippen LogP contribution in [0.25, 0.3) is 0 Å². The molecule has 0 aliphatic carbocycles. The fourth-order valence-corrected chi connectivity index (χ4v) is 1.61. The predicted octanol–water partition coefficient (Wildman–Crippen LogP) is 2.21. The number of aromatic carboxylic acids is 1. The lowest BCUT2D eigenvalue weighted by Gasteiger charge is -2.17. The highest BCUT2D eigenvalue weighted by molar-refractivity contribution is 5.92. The van der Waals surface area contributed by atoms with E-state index in [1.807, 2.05) is 19.9 Å². The lowest BCUT2D eigenvalue weighted by atomic mass is 10.3. The van der Waals surface area contributed by atoms with E-state index < -0.39 is 5.97 Å². The molecule has 6 heteroatoms. The van der Waals surface area contributed by atoms with Crippen LogP contribution in [0.4, 0.5) is 0 Å². The summed E-state index contributed by atoms with van der Waals surface area (Å²) in [6, 6.07) is 6.77. The number of carbonyl (C=O) groups excluding carboxylic acids is 1. The fraction of sp³-hybridized carbons (Fsp3) is 0.286. The fourth-order valence-electron chi connectivity index (χ4n) is 1.61. The number of H-pyrrole nitrogens is 2. The monoisotopic (exact) mass is 277 g/mol. The lowest BCUT2D eigenvalue weighted by Crippen LogP contribution is -2.30. The summed E-state index contributed by atoms with van der Waals surface area (Å²) in [4.78, 5) is 28.8. The van der Waals surface area contributed by atoms with Gasteiger partial charge in [-0.2, -0.15) is 0 Å². The molecule has 0 radical (unpaired) electrons. The van der Waals surface area contributed by atoms with E-state index in [1.165, 1.54) is 6.07 Å². The van der Waals surface area contributed by atoms with Crippen LogP contribution in [0.5, 0.6) is 0 Å². The Hall–Kier alpha value is -2.50. The third kappa shape index (κ3) is 4.31. The smallest absolute Gasteiger partial charge is 0.352 e. The summed E-state index contributed by atoms with van der Waals surface area (Å²) < 4.78 is 0. The van der Waals surface area contributed by atoms with Crippen molar-refractivity contribution in [3.05, 3.63) is 48.0 Å². The van der Waals surface area contributed by atoms with E-state index in [0.29, 0.717) is 5.69 Å². The Kier molecular flexibility index (Phi) is 6.09. The van der Waals surface area contributed by atoms with Crippen molar-refractivity contribution < 1.29 is 14.7 Å². The van der Waals surface area contributed by atoms with Gasteiger partial charge < -0.3 is 20.0 Å². The van der Waals surface area contributed by atoms with E-state index in [1.54, 1.807) is 29.4 Å². The molecule has 2 aromatic heterocycles. The van der Waals surface area contributed by atoms with Crippen LogP contribution in [0.3, 0.4) is 0 Å². The minimum Gasteiger partial charge on any atom is -0.477 e. The number of aromatic nitrogens is 2. The van der Waals surface area contributed by atoms with Crippen LogP contribution < -0.4 is 0 Å². The van der Waals surface area contributed by atoms with E-state index in [4.69, 9.17) is 5.11 Å². The van der Waals surface area contributed by atoms with Gasteiger partial charge in [-0.15, -0.1) is 0 Å². The summed E-state index contributed by atoms with van der Waals surface area (Å²) in [6.45, 7) is 5.47. The van der Waals surface area contributed by atoms with Gasteiger partial charge >= 0.3 is 5.97 Å². The second-order valence-corrected chi connectivity index (χ2v) is 3.95. The predicted molar refractivity (Wildman–Crippen MR) is 75.8 cm³/mol. The Labute approximate surface area is 117 Å². The van der Waals surface area contributed by atoms with Gasteiger partial charge in [0.05, 0.1) is 0 Å². The van der Waals surface area contributed by atoms with Crippen molar-refractivity contribution >= 4 is 11.9 Å². The molecular weight excluding hydrogens is 258 g/mol. The molecule has 0 fully saturated rings. The van der Waals surface area contributed by atoms with Gasteiger partial charge in [0.15, 0.2) is 0 Å². The summed E-state index contributed by atoms with van der Waals surface area (Å²) in [5.74, 6) is -0.847. The Morgan fingerprint density at radius 1 is 1.05 bits per heavy atom. The van der Waals surface area contributed by atoms with Crippen molar-refractivity contribution in [2.75, 3.05) is 13.1 Å². The molecular formula is C14H19N3O3. The molecule has 1 amide bonds. The molecule has 0 aliphatic heterocycles. The minimum atomic E-state index is -0.921. The first-order valence-electron chi connectivity index (χ1n) is 6.39. The normalized spacial score (nSPS) is 9.50. The SMILES string of the molecule is CCN(CC)C(=O)c1ccc[nH]1.O=C(O)c1ccc[nH]1. The quantitative estimate of drug-likeness (QED) is 0.800. The second kappa shape index (κ2) is 7.83. The van der Waals surface area contributed by atoms with E-state index >= 15 is 0 Å². The molecule has 108 valence electrons. The molecule has 0 aliphatic rings. The first-order valence-corrected chi connectivity index (χ1v) is 6.39. The molecule has 2 aromatic rings. The molecule has 0 unspecified atom stereocenters. The summed E-state index contributed by atoms with van der Waals surface area (Å²) >= 11 is 0. The van der Waals surface area contributed by atoms with Crippen molar-refractivity contribution in [1.82, 2.24) is 14.9 Å². The molecule has 20 heavy (non-hydrogen) atoms. The van der Waals surface area contributed by atoms with Crippen molar-refractivity contribution in [3.63, 3.8) is 0 Å². The number of aromatic amines is 2. The van der Waals surface area contributed by atoms with E-state index in [0.717, 1.165) is 13.1 Å². The van der Waals surface area contributed by atoms with Gasteiger partial charge in [0.1, 0.15) is 11.4 Å². The number of hydrogen-bond donors (Lipinski definition) is 3. The average molecular weight is 277 g/mol. The molecule has 2 heterocycles. The third-order valence-electron chi connectivity index (χ3n) is 2.71. The lowest BCUT2D eigenvalue weighted by molar-refractivity contribution is 0.0690. The number of hydrogen-bond acceptors (Lipinski definition) is 2. The summed E-state index contributed by atoms with van der Waals surface area (Å²) in [5.41, 5.74) is 0.892. The Bertz CT molecular complexity index is 514. The molecule has 0 saturated carbocycles. The zero-order valence-corrected chi connectivity index (χ0v) is 11.6. The maximum absolute atomic E-state index is 11.6. The van der Waals surface area contributed by atoms with Crippen LogP contribution in [-0.4, -0.2) is 44.9 Å². The maximum Gasteiger partial charge on any atom is 0.352 e. The number of carboxylic acid groups (broad SMARTS) is 1. The van der Waals surface area contributed by atoms with Crippen molar-refractivity contribution in [1.29, 1.82) is 0 Å². The van der Waals surface area contributed by atoms with E-state index in [-0.39, 0.29) is 11.6 Å². The first kappa shape index (κ1) is 15.6. The Morgan fingerprint density at radius 3 is 1.85 bits per heavy atom. The molecule has 0 aromatic carbocycles.